The highest BCUT2D eigenvalue weighted by Crippen LogP contribution is 2.25. The number of amides is 1. The van der Waals surface area contributed by atoms with Gasteiger partial charge in [-0.05, 0) is 37.5 Å². The molecular weight excluding hydrogens is 344 g/mol. The van der Waals surface area contributed by atoms with E-state index in [0.29, 0.717) is 18.8 Å². The predicted molar refractivity (Wildman–Crippen MR) is 95.6 cm³/mol. The minimum atomic E-state index is -0.839. The third-order valence-corrected chi connectivity index (χ3v) is 4.95. The monoisotopic (exact) mass is 363 g/mol. The van der Waals surface area contributed by atoms with Crippen molar-refractivity contribution in [3.63, 3.8) is 0 Å². The van der Waals surface area contributed by atoms with Gasteiger partial charge < -0.3 is 10.2 Å². The SMILES string of the molecule is Cc1nc(C=CC(=O)NCC2CCN(c3ccc(F)c(F)c3)C2)cs1. The molecule has 1 aromatic carbocycles. The van der Waals surface area contributed by atoms with Crippen LogP contribution < -0.4 is 10.2 Å². The first-order valence-electron chi connectivity index (χ1n) is 8.09. The van der Waals surface area contributed by atoms with Crippen molar-refractivity contribution in [3.8, 4) is 0 Å². The van der Waals surface area contributed by atoms with Crippen molar-refractivity contribution < 1.29 is 13.6 Å². The molecule has 1 atom stereocenters. The number of nitrogens with one attached hydrogen (secondary N) is 1. The molecule has 2 aromatic rings. The van der Waals surface area contributed by atoms with Crippen molar-refractivity contribution in [1.82, 2.24) is 10.3 Å². The Balaban J connectivity index is 1.47. The van der Waals surface area contributed by atoms with Gasteiger partial charge in [0.15, 0.2) is 11.6 Å². The first kappa shape index (κ1) is 17.5. The topological polar surface area (TPSA) is 45.2 Å². The molecule has 3 rings (SSSR count). The molecule has 1 fully saturated rings. The summed E-state index contributed by atoms with van der Waals surface area (Å²) >= 11 is 1.54. The highest BCUT2D eigenvalue weighted by atomic mass is 32.1. The summed E-state index contributed by atoms with van der Waals surface area (Å²) in [6.07, 6.45) is 4.08. The normalized spacial score (nSPS) is 17.4. The van der Waals surface area contributed by atoms with Crippen molar-refractivity contribution in [2.75, 3.05) is 24.5 Å². The molecule has 1 aliphatic rings. The molecule has 0 spiro atoms. The molecule has 1 saturated heterocycles. The quantitative estimate of drug-likeness (QED) is 0.829. The summed E-state index contributed by atoms with van der Waals surface area (Å²) in [6.45, 7) is 3.94. The van der Waals surface area contributed by atoms with Crippen LogP contribution in [0.3, 0.4) is 0 Å². The van der Waals surface area contributed by atoms with E-state index >= 15 is 0 Å². The number of hydrogen-bond donors (Lipinski definition) is 1. The number of benzene rings is 1. The standard InChI is InChI=1S/C18H19F2N3OS/c1-12-22-14(11-25-12)2-5-18(24)21-9-13-6-7-23(10-13)15-3-4-16(19)17(20)8-15/h2-5,8,11,13H,6-7,9-10H2,1H3,(H,21,24). The van der Waals surface area contributed by atoms with E-state index in [0.717, 1.165) is 29.7 Å². The minimum Gasteiger partial charge on any atom is -0.371 e. The molecular formula is C18H19F2N3OS. The number of anilines is 1. The van der Waals surface area contributed by atoms with Gasteiger partial charge in [0.1, 0.15) is 0 Å². The van der Waals surface area contributed by atoms with E-state index in [4.69, 9.17) is 0 Å². The molecule has 7 heteroatoms. The zero-order valence-corrected chi connectivity index (χ0v) is 14.7. The van der Waals surface area contributed by atoms with Crippen LogP contribution in [0.25, 0.3) is 6.08 Å². The average molecular weight is 363 g/mol. The Labute approximate surface area is 149 Å². The van der Waals surface area contributed by atoms with Gasteiger partial charge in [-0.1, -0.05) is 0 Å². The van der Waals surface area contributed by atoms with E-state index in [9.17, 15) is 13.6 Å². The van der Waals surface area contributed by atoms with Crippen LogP contribution in [0.2, 0.25) is 0 Å². The molecule has 0 bridgehead atoms. The molecule has 2 heterocycles. The largest absolute Gasteiger partial charge is 0.371 e. The van der Waals surface area contributed by atoms with Crippen LogP contribution in [-0.4, -0.2) is 30.5 Å². The van der Waals surface area contributed by atoms with E-state index in [1.165, 1.54) is 12.1 Å². The van der Waals surface area contributed by atoms with Gasteiger partial charge in [-0.2, -0.15) is 0 Å². The van der Waals surface area contributed by atoms with Crippen LogP contribution in [0.5, 0.6) is 0 Å². The molecule has 0 aliphatic carbocycles. The van der Waals surface area contributed by atoms with E-state index in [2.05, 4.69) is 10.3 Å². The first-order valence-corrected chi connectivity index (χ1v) is 8.97. The van der Waals surface area contributed by atoms with Crippen molar-refractivity contribution in [2.45, 2.75) is 13.3 Å². The minimum absolute atomic E-state index is 0.156. The van der Waals surface area contributed by atoms with Crippen LogP contribution >= 0.6 is 11.3 Å². The zero-order chi connectivity index (χ0) is 17.8. The highest BCUT2D eigenvalue weighted by molar-refractivity contribution is 7.09. The lowest BCUT2D eigenvalue weighted by molar-refractivity contribution is -0.116. The smallest absolute Gasteiger partial charge is 0.244 e. The number of nitrogens with zero attached hydrogens (tertiary/aromatic N) is 2. The molecule has 132 valence electrons. The van der Waals surface area contributed by atoms with Gasteiger partial charge >= 0.3 is 0 Å². The maximum Gasteiger partial charge on any atom is 0.244 e. The molecule has 25 heavy (non-hydrogen) atoms. The third kappa shape index (κ3) is 4.63. The van der Waals surface area contributed by atoms with Crippen LogP contribution in [-0.2, 0) is 4.79 Å². The third-order valence-electron chi connectivity index (χ3n) is 4.16. The molecule has 0 radical (unpaired) electrons. The number of hydrogen-bond acceptors (Lipinski definition) is 4. The summed E-state index contributed by atoms with van der Waals surface area (Å²) in [5.41, 5.74) is 1.45. The lowest BCUT2D eigenvalue weighted by Crippen LogP contribution is -2.29. The summed E-state index contributed by atoms with van der Waals surface area (Å²) in [5.74, 6) is -1.55. The Morgan fingerprint density at radius 2 is 2.28 bits per heavy atom. The van der Waals surface area contributed by atoms with E-state index in [1.54, 1.807) is 23.5 Å². The number of carbonyl (C=O) groups excluding carboxylic acids is 1. The summed E-state index contributed by atoms with van der Waals surface area (Å²) in [7, 11) is 0. The number of rotatable bonds is 5. The molecule has 1 amide bonds. The Bertz CT molecular complexity index is 790. The number of halogens is 2. The number of aryl methyl sites for hydroxylation is 1. The van der Waals surface area contributed by atoms with Gasteiger partial charge in [0, 0.05) is 42.8 Å². The van der Waals surface area contributed by atoms with Gasteiger partial charge in [0.05, 0.1) is 10.7 Å². The van der Waals surface area contributed by atoms with Crippen LogP contribution in [0.4, 0.5) is 14.5 Å². The molecule has 1 aromatic heterocycles. The van der Waals surface area contributed by atoms with Crippen molar-refractivity contribution >= 4 is 29.0 Å². The van der Waals surface area contributed by atoms with E-state index < -0.39 is 11.6 Å². The maximum absolute atomic E-state index is 13.3. The van der Waals surface area contributed by atoms with Crippen LogP contribution in [0, 0.1) is 24.5 Å². The fraction of sp³-hybridized carbons (Fsp3) is 0.333. The lowest BCUT2D eigenvalue weighted by atomic mass is 10.1. The first-order chi connectivity index (χ1) is 12.0. The number of thiazole rings is 1. The summed E-state index contributed by atoms with van der Waals surface area (Å²) in [6, 6.07) is 3.94. The Kier molecular flexibility index (Phi) is 5.43. The van der Waals surface area contributed by atoms with Crippen molar-refractivity contribution in [3.05, 3.63) is 52.0 Å². The number of aromatic nitrogens is 1. The molecule has 1 unspecified atom stereocenters. The van der Waals surface area contributed by atoms with Gasteiger partial charge in [-0.25, -0.2) is 13.8 Å². The second-order valence-corrected chi connectivity index (χ2v) is 7.13. The molecule has 4 nitrogen and oxygen atoms in total. The highest BCUT2D eigenvalue weighted by Gasteiger charge is 2.23. The lowest BCUT2D eigenvalue weighted by Gasteiger charge is -2.19. The van der Waals surface area contributed by atoms with Gasteiger partial charge in [-0.15, -0.1) is 11.3 Å². The second-order valence-electron chi connectivity index (χ2n) is 6.07. The molecule has 1 N–H and O–H groups in total. The van der Waals surface area contributed by atoms with Gasteiger partial charge in [-0.3, -0.25) is 4.79 Å². The zero-order valence-electron chi connectivity index (χ0n) is 13.8. The Morgan fingerprint density at radius 3 is 3.00 bits per heavy atom. The fourth-order valence-corrected chi connectivity index (χ4v) is 3.42. The van der Waals surface area contributed by atoms with Gasteiger partial charge in [0.25, 0.3) is 0 Å². The average Bonchev–Trinajstić information content (AvgIpc) is 3.22. The van der Waals surface area contributed by atoms with Crippen molar-refractivity contribution in [1.29, 1.82) is 0 Å². The van der Waals surface area contributed by atoms with Crippen molar-refractivity contribution in [2.24, 2.45) is 5.92 Å². The van der Waals surface area contributed by atoms with E-state index in [1.807, 2.05) is 17.2 Å². The van der Waals surface area contributed by atoms with E-state index in [-0.39, 0.29) is 11.8 Å². The summed E-state index contributed by atoms with van der Waals surface area (Å²) < 4.78 is 26.4. The fourth-order valence-electron chi connectivity index (χ4n) is 2.84. The van der Waals surface area contributed by atoms with Crippen LogP contribution in [0.15, 0.2) is 29.7 Å². The summed E-state index contributed by atoms with van der Waals surface area (Å²) in [4.78, 5) is 18.2. The summed E-state index contributed by atoms with van der Waals surface area (Å²) in [5, 5.41) is 5.74. The van der Waals surface area contributed by atoms with Gasteiger partial charge in [0.2, 0.25) is 5.91 Å². The van der Waals surface area contributed by atoms with Crippen LogP contribution in [0.1, 0.15) is 17.1 Å². The maximum atomic E-state index is 13.3. The molecule has 1 aliphatic heterocycles. The molecule has 0 saturated carbocycles. The Hall–Kier alpha value is -2.28. The predicted octanol–water partition coefficient (Wildman–Crippen LogP) is 3.39. The second kappa shape index (κ2) is 7.74. The Morgan fingerprint density at radius 1 is 1.44 bits per heavy atom. The number of carbonyl (C=O) groups is 1.